The van der Waals surface area contributed by atoms with Gasteiger partial charge in [0.2, 0.25) is 5.91 Å². The van der Waals surface area contributed by atoms with Crippen molar-refractivity contribution in [2.45, 2.75) is 50.7 Å². The molecule has 1 unspecified atom stereocenters. The van der Waals surface area contributed by atoms with Crippen LogP contribution in [0.2, 0.25) is 0 Å². The van der Waals surface area contributed by atoms with Crippen molar-refractivity contribution in [2.75, 3.05) is 13.1 Å². The van der Waals surface area contributed by atoms with Crippen LogP contribution in [0, 0.1) is 5.92 Å². The van der Waals surface area contributed by atoms with Gasteiger partial charge in [-0.15, -0.1) is 0 Å². The van der Waals surface area contributed by atoms with Crippen LogP contribution in [-0.4, -0.2) is 34.8 Å². The van der Waals surface area contributed by atoms with E-state index in [1.807, 2.05) is 0 Å². The Labute approximate surface area is 198 Å². The van der Waals surface area contributed by atoms with E-state index in [1.165, 1.54) is 16.7 Å². The maximum atomic E-state index is 13.7. The van der Waals surface area contributed by atoms with Gasteiger partial charge in [0.15, 0.2) is 0 Å². The Morgan fingerprint density at radius 3 is 1.91 bits per heavy atom. The molecule has 2 aliphatic rings. The first-order valence-corrected chi connectivity index (χ1v) is 12.5. The van der Waals surface area contributed by atoms with Gasteiger partial charge in [-0.25, -0.2) is 0 Å². The lowest BCUT2D eigenvalue weighted by Gasteiger charge is -2.37. The first-order chi connectivity index (χ1) is 16.3. The van der Waals surface area contributed by atoms with Crippen molar-refractivity contribution in [1.82, 2.24) is 9.80 Å². The molecule has 0 aliphatic carbocycles. The number of hydrogen-bond donors (Lipinski definition) is 0. The smallest absolute Gasteiger partial charge is 0.239 e. The molecule has 0 N–H and O–H groups in total. The Hall–Kier alpha value is -2.91. The molecule has 2 heterocycles. The number of carbonyl (C=O) groups excluding carboxylic acids is 1. The number of likely N-dealkylation sites (tertiary alicyclic amines) is 2. The molecule has 2 fully saturated rings. The molecule has 3 aromatic carbocycles. The molecule has 0 bridgehead atoms. The van der Waals surface area contributed by atoms with Gasteiger partial charge in [-0.3, -0.25) is 9.69 Å². The maximum absolute atomic E-state index is 13.7. The highest BCUT2D eigenvalue weighted by atomic mass is 16.2. The second kappa shape index (κ2) is 10.4. The Balaban J connectivity index is 1.27. The van der Waals surface area contributed by atoms with Crippen LogP contribution in [0.15, 0.2) is 91.0 Å². The monoisotopic (exact) mass is 438 g/mol. The average Bonchev–Trinajstić information content (AvgIpc) is 3.29. The summed E-state index contributed by atoms with van der Waals surface area (Å²) in [5.41, 5.74) is 4.02. The van der Waals surface area contributed by atoms with Gasteiger partial charge in [-0.05, 0) is 54.7 Å². The van der Waals surface area contributed by atoms with Gasteiger partial charge in [0.05, 0.1) is 6.04 Å². The summed E-state index contributed by atoms with van der Waals surface area (Å²) in [5.74, 6) is 1.01. The van der Waals surface area contributed by atoms with E-state index in [0.29, 0.717) is 17.9 Å². The molecular weight excluding hydrogens is 404 g/mol. The molecule has 3 aromatic rings. The largest absolute Gasteiger partial charge is 0.341 e. The molecule has 2 aliphatic heterocycles. The third-order valence-corrected chi connectivity index (χ3v) is 7.48. The Morgan fingerprint density at radius 2 is 1.27 bits per heavy atom. The van der Waals surface area contributed by atoms with Gasteiger partial charge >= 0.3 is 0 Å². The summed E-state index contributed by atoms with van der Waals surface area (Å²) in [6.07, 6.45) is 5.32. The van der Waals surface area contributed by atoms with E-state index in [1.54, 1.807) is 0 Å². The van der Waals surface area contributed by atoms with Crippen molar-refractivity contribution in [3.63, 3.8) is 0 Å². The molecule has 33 heavy (non-hydrogen) atoms. The van der Waals surface area contributed by atoms with Crippen LogP contribution in [0.3, 0.4) is 0 Å². The summed E-state index contributed by atoms with van der Waals surface area (Å²) in [4.78, 5) is 18.3. The molecular formula is C30H34N2O. The molecule has 0 spiro atoms. The van der Waals surface area contributed by atoms with E-state index in [9.17, 15) is 4.79 Å². The first kappa shape index (κ1) is 21.9. The van der Waals surface area contributed by atoms with Crippen LogP contribution >= 0.6 is 0 Å². The zero-order valence-electron chi connectivity index (χ0n) is 19.4. The molecule has 1 amide bonds. The van der Waals surface area contributed by atoms with Crippen LogP contribution in [-0.2, 0) is 17.8 Å². The summed E-state index contributed by atoms with van der Waals surface area (Å²) in [6.45, 7) is 2.60. The van der Waals surface area contributed by atoms with Crippen LogP contribution < -0.4 is 0 Å². The minimum absolute atomic E-state index is 0.0268. The highest BCUT2D eigenvalue weighted by Crippen LogP contribution is 2.38. The van der Waals surface area contributed by atoms with Crippen molar-refractivity contribution < 1.29 is 4.79 Å². The van der Waals surface area contributed by atoms with Crippen molar-refractivity contribution >= 4 is 5.91 Å². The van der Waals surface area contributed by atoms with E-state index in [2.05, 4.69) is 101 Å². The van der Waals surface area contributed by atoms with Gasteiger partial charge in [-0.2, -0.15) is 0 Å². The predicted molar refractivity (Wildman–Crippen MR) is 134 cm³/mol. The highest BCUT2D eigenvalue weighted by Gasteiger charge is 2.40. The molecule has 0 radical (unpaired) electrons. The van der Waals surface area contributed by atoms with E-state index in [4.69, 9.17) is 0 Å². The van der Waals surface area contributed by atoms with Gasteiger partial charge < -0.3 is 4.90 Å². The summed E-state index contributed by atoms with van der Waals surface area (Å²) < 4.78 is 0. The Morgan fingerprint density at radius 1 is 0.697 bits per heavy atom. The second-order valence-corrected chi connectivity index (χ2v) is 9.64. The third-order valence-electron chi connectivity index (χ3n) is 7.48. The highest BCUT2D eigenvalue weighted by molar-refractivity contribution is 5.82. The number of nitrogens with zero attached hydrogens (tertiary/aromatic N) is 2. The number of benzene rings is 3. The summed E-state index contributed by atoms with van der Waals surface area (Å²) in [6, 6.07) is 32.4. The van der Waals surface area contributed by atoms with Crippen molar-refractivity contribution in [3.05, 3.63) is 108 Å². The van der Waals surface area contributed by atoms with Crippen molar-refractivity contribution in [1.29, 1.82) is 0 Å². The Kier molecular flexibility index (Phi) is 6.87. The fraction of sp³-hybridized carbons (Fsp3) is 0.367. The van der Waals surface area contributed by atoms with Gasteiger partial charge in [0.1, 0.15) is 0 Å². The molecule has 2 saturated heterocycles. The lowest BCUT2D eigenvalue weighted by Crippen LogP contribution is -2.48. The Bertz CT molecular complexity index is 1010. The predicted octanol–water partition coefficient (Wildman–Crippen LogP) is 5.87. The fourth-order valence-corrected chi connectivity index (χ4v) is 5.69. The normalized spacial score (nSPS) is 21.9. The van der Waals surface area contributed by atoms with Gasteiger partial charge in [0.25, 0.3) is 0 Å². The van der Waals surface area contributed by atoms with Crippen molar-refractivity contribution in [2.24, 2.45) is 5.92 Å². The fourth-order valence-electron chi connectivity index (χ4n) is 5.69. The standard InChI is InChI=1S/C30H34N2O/c33-30(31-20-18-25(19-21-31)22-24-10-4-1-5-11-24)29-17-16-28(27-14-8-3-9-15-27)32(29)23-26-12-6-2-7-13-26/h1-15,25,28-29H,16-23H2/t28?,29-/m0/s1. The van der Waals surface area contributed by atoms with Crippen LogP contribution in [0.25, 0.3) is 0 Å². The summed E-state index contributed by atoms with van der Waals surface area (Å²) in [7, 11) is 0. The SMILES string of the molecule is O=C([C@@H]1CCC(c2ccccc2)N1Cc1ccccc1)N1CCC(Cc2ccccc2)CC1. The topological polar surface area (TPSA) is 23.6 Å². The van der Waals surface area contributed by atoms with Gasteiger partial charge in [0, 0.05) is 25.7 Å². The lowest BCUT2D eigenvalue weighted by molar-refractivity contribution is -0.138. The van der Waals surface area contributed by atoms with Gasteiger partial charge in [-0.1, -0.05) is 91.0 Å². The van der Waals surface area contributed by atoms with E-state index in [-0.39, 0.29) is 6.04 Å². The number of piperidine rings is 1. The van der Waals surface area contributed by atoms with Crippen LogP contribution in [0.4, 0.5) is 0 Å². The maximum Gasteiger partial charge on any atom is 0.239 e. The van der Waals surface area contributed by atoms with Crippen molar-refractivity contribution in [3.8, 4) is 0 Å². The molecule has 0 aromatic heterocycles. The molecule has 5 rings (SSSR count). The minimum atomic E-state index is -0.0268. The molecule has 2 atom stereocenters. The summed E-state index contributed by atoms with van der Waals surface area (Å²) in [5, 5.41) is 0. The molecule has 3 nitrogen and oxygen atoms in total. The van der Waals surface area contributed by atoms with Crippen LogP contribution in [0.1, 0.15) is 48.4 Å². The lowest BCUT2D eigenvalue weighted by atomic mass is 9.90. The van der Waals surface area contributed by atoms with E-state index >= 15 is 0 Å². The van der Waals surface area contributed by atoms with Crippen LogP contribution in [0.5, 0.6) is 0 Å². The number of hydrogen-bond acceptors (Lipinski definition) is 2. The number of amides is 1. The zero-order chi connectivity index (χ0) is 22.5. The minimum Gasteiger partial charge on any atom is -0.341 e. The molecule has 170 valence electrons. The van der Waals surface area contributed by atoms with E-state index in [0.717, 1.165) is 51.7 Å². The third kappa shape index (κ3) is 5.20. The average molecular weight is 439 g/mol. The summed E-state index contributed by atoms with van der Waals surface area (Å²) >= 11 is 0. The first-order valence-electron chi connectivity index (χ1n) is 12.5. The van der Waals surface area contributed by atoms with E-state index < -0.39 is 0 Å². The second-order valence-electron chi connectivity index (χ2n) is 9.64. The number of rotatable bonds is 6. The number of carbonyl (C=O) groups is 1. The molecule has 0 saturated carbocycles. The zero-order valence-corrected chi connectivity index (χ0v) is 19.4. The molecule has 3 heteroatoms. The quantitative estimate of drug-likeness (QED) is 0.480.